The van der Waals surface area contributed by atoms with E-state index in [4.69, 9.17) is 4.74 Å². The molecule has 0 aliphatic rings. The van der Waals surface area contributed by atoms with Gasteiger partial charge >= 0.3 is 0 Å². The first-order chi connectivity index (χ1) is 10.8. The van der Waals surface area contributed by atoms with Gasteiger partial charge in [0.25, 0.3) is 10.0 Å². The van der Waals surface area contributed by atoms with E-state index in [2.05, 4.69) is 4.72 Å². The average molecular weight is 334 g/mol. The fraction of sp³-hybridized carbons (Fsp3) is 0.188. The Balaban J connectivity index is 2.31. The van der Waals surface area contributed by atoms with Gasteiger partial charge in [-0.05, 0) is 55.3 Å². The number of hydrogen-bond acceptors (Lipinski definition) is 5. The number of carbonyl (C=O) groups excluding carboxylic acids is 1. The van der Waals surface area contributed by atoms with Crippen LogP contribution in [0, 0.1) is 6.92 Å². The third-order valence-electron chi connectivity index (χ3n) is 3.13. The molecule has 2 rings (SSSR count). The minimum Gasteiger partial charge on any atom is -0.545 e. The Bertz CT molecular complexity index is 813. The molecule has 0 fully saturated rings. The average Bonchev–Trinajstić information content (AvgIpc) is 2.49. The summed E-state index contributed by atoms with van der Waals surface area (Å²) in [5.41, 5.74) is 0.600. The zero-order valence-corrected chi connectivity index (χ0v) is 13.5. The first-order valence-corrected chi connectivity index (χ1v) is 8.39. The highest BCUT2D eigenvalue weighted by atomic mass is 32.2. The first-order valence-electron chi connectivity index (χ1n) is 6.91. The number of aromatic carboxylic acids is 1. The van der Waals surface area contributed by atoms with Gasteiger partial charge in [0.05, 0.1) is 17.5 Å². The van der Waals surface area contributed by atoms with Gasteiger partial charge in [0.2, 0.25) is 0 Å². The van der Waals surface area contributed by atoms with Gasteiger partial charge in [0, 0.05) is 5.69 Å². The third-order valence-corrected chi connectivity index (χ3v) is 4.65. The second-order valence-electron chi connectivity index (χ2n) is 4.83. The van der Waals surface area contributed by atoms with Crippen LogP contribution in [0.25, 0.3) is 0 Å². The first kappa shape index (κ1) is 16.8. The lowest BCUT2D eigenvalue weighted by atomic mass is 10.1. The lowest BCUT2D eigenvalue weighted by Gasteiger charge is -2.13. The van der Waals surface area contributed by atoms with Crippen molar-refractivity contribution in [2.75, 3.05) is 11.3 Å². The van der Waals surface area contributed by atoms with Crippen molar-refractivity contribution in [2.24, 2.45) is 0 Å². The Kier molecular flexibility index (Phi) is 4.90. The number of carbonyl (C=O) groups is 1. The van der Waals surface area contributed by atoms with Gasteiger partial charge in [-0.15, -0.1) is 0 Å². The monoisotopic (exact) mass is 334 g/mol. The van der Waals surface area contributed by atoms with Gasteiger partial charge in [-0.25, -0.2) is 8.42 Å². The van der Waals surface area contributed by atoms with E-state index in [0.29, 0.717) is 23.6 Å². The smallest absolute Gasteiger partial charge is 0.262 e. The molecule has 0 unspecified atom stereocenters. The summed E-state index contributed by atoms with van der Waals surface area (Å²) in [5, 5.41) is 10.9. The normalized spacial score (nSPS) is 11.0. The topological polar surface area (TPSA) is 95.5 Å². The number of nitrogens with one attached hydrogen (secondary N) is 1. The highest BCUT2D eigenvalue weighted by Crippen LogP contribution is 2.22. The molecule has 0 aromatic heterocycles. The maximum atomic E-state index is 12.5. The van der Waals surface area contributed by atoms with Crippen molar-refractivity contribution in [1.82, 2.24) is 0 Å². The van der Waals surface area contributed by atoms with Crippen LogP contribution in [0.1, 0.15) is 22.8 Å². The zero-order valence-electron chi connectivity index (χ0n) is 12.7. The fourth-order valence-electron chi connectivity index (χ4n) is 2.01. The molecule has 2 aromatic carbocycles. The Labute approximate surface area is 134 Å². The Morgan fingerprint density at radius 3 is 2.39 bits per heavy atom. The number of anilines is 1. The summed E-state index contributed by atoms with van der Waals surface area (Å²) >= 11 is 0. The van der Waals surface area contributed by atoms with Crippen molar-refractivity contribution in [1.29, 1.82) is 0 Å². The minimum absolute atomic E-state index is 0.104. The molecule has 0 aliphatic heterocycles. The van der Waals surface area contributed by atoms with E-state index in [0.717, 1.165) is 6.07 Å². The van der Waals surface area contributed by atoms with Crippen molar-refractivity contribution in [3.05, 3.63) is 53.6 Å². The lowest BCUT2D eigenvalue weighted by Crippen LogP contribution is -2.23. The maximum absolute atomic E-state index is 12.5. The second kappa shape index (κ2) is 6.70. The maximum Gasteiger partial charge on any atom is 0.262 e. The molecule has 7 heteroatoms. The standard InChI is InChI=1S/C16H17NO5S/c1-3-22-14-8-6-13(7-9-14)17-23(20,21)15-10-12(16(18)19)5-4-11(15)2/h4-10,17H,3H2,1-2H3,(H,18,19)/p-1. The van der Waals surface area contributed by atoms with Crippen molar-refractivity contribution in [3.63, 3.8) is 0 Å². The van der Waals surface area contributed by atoms with Gasteiger partial charge in [0.1, 0.15) is 5.75 Å². The second-order valence-corrected chi connectivity index (χ2v) is 6.48. The van der Waals surface area contributed by atoms with E-state index in [1.54, 1.807) is 31.2 Å². The summed E-state index contributed by atoms with van der Waals surface area (Å²) in [5.74, 6) is -0.798. The Morgan fingerprint density at radius 1 is 1.17 bits per heavy atom. The molecule has 0 saturated heterocycles. The van der Waals surface area contributed by atoms with Crippen LogP contribution in [0.2, 0.25) is 0 Å². The fourth-order valence-corrected chi connectivity index (χ4v) is 3.34. The summed E-state index contributed by atoms with van der Waals surface area (Å²) in [6.45, 7) is 3.95. The van der Waals surface area contributed by atoms with Crippen molar-refractivity contribution in [3.8, 4) is 5.75 Å². The molecule has 0 amide bonds. The van der Waals surface area contributed by atoms with Crippen LogP contribution < -0.4 is 14.6 Å². The molecule has 0 saturated carbocycles. The Morgan fingerprint density at radius 2 is 1.83 bits per heavy atom. The van der Waals surface area contributed by atoms with E-state index in [9.17, 15) is 18.3 Å². The van der Waals surface area contributed by atoms with Crippen LogP contribution in [-0.4, -0.2) is 21.0 Å². The molecule has 2 aromatic rings. The molecular weight excluding hydrogens is 318 g/mol. The van der Waals surface area contributed by atoms with Gasteiger partial charge < -0.3 is 14.6 Å². The summed E-state index contributed by atoms with van der Waals surface area (Å²) in [6.07, 6.45) is 0. The van der Waals surface area contributed by atoms with Gasteiger partial charge in [-0.1, -0.05) is 12.1 Å². The van der Waals surface area contributed by atoms with E-state index in [1.807, 2.05) is 6.92 Å². The number of rotatable bonds is 6. The quantitative estimate of drug-likeness (QED) is 0.865. The summed E-state index contributed by atoms with van der Waals surface area (Å²) in [7, 11) is -3.91. The van der Waals surface area contributed by atoms with E-state index < -0.39 is 16.0 Å². The molecule has 0 bridgehead atoms. The summed E-state index contributed by atoms with van der Waals surface area (Å²) in [6, 6.07) is 10.2. The van der Waals surface area contributed by atoms with Crippen LogP contribution in [-0.2, 0) is 10.0 Å². The molecule has 1 N–H and O–H groups in total. The van der Waals surface area contributed by atoms with Crippen LogP contribution in [0.15, 0.2) is 47.4 Å². The van der Waals surface area contributed by atoms with E-state index >= 15 is 0 Å². The summed E-state index contributed by atoms with van der Waals surface area (Å²) < 4.78 is 32.6. The highest BCUT2D eigenvalue weighted by molar-refractivity contribution is 7.92. The molecule has 0 radical (unpaired) electrons. The van der Waals surface area contributed by atoms with Crippen molar-refractivity contribution >= 4 is 21.7 Å². The molecular formula is C16H16NO5S-. The van der Waals surface area contributed by atoms with Crippen LogP contribution in [0.4, 0.5) is 5.69 Å². The molecule has 122 valence electrons. The minimum atomic E-state index is -3.91. The molecule has 0 spiro atoms. The van der Waals surface area contributed by atoms with Crippen LogP contribution in [0.3, 0.4) is 0 Å². The predicted octanol–water partition coefficient (Wildman–Crippen LogP) is 1.56. The predicted molar refractivity (Wildman–Crippen MR) is 83.9 cm³/mol. The van der Waals surface area contributed by atoms with Crippen LogP contribution in [0.5, 0.6) is 5.75 Å². The highest BCUT2D eigenvalue weighted by Gasteiger charge is 2.18. The molecule has 0 atom stereocenters. The number of sulfonamides is 1. The molecule has 23 heavy (non-hydrogen) atoms. The van der Waals surface area contributed by atoms with E-state index in [1.165, 1.54) is 12.1 Å². The summed E-state index contributed by atoms with van der Waals surface area (Å²) in [4.78, 5) is 10.8. The van der Waals surface area contributed by atoms with E-state index in [-0.39, 0.29) is 10.5 Å². The third kappa shape index (κ3) is 4.01. The molecule has 6 nitrogen and oxygen atoms in total. The van der Waals surface area contributed by atoms with Crippen molar-refractivity contribution in [2.45, 2.75) is 18.7 Å². The Hall–Kier alpha value is -2.54. The molecule has 0 aliphatic carbocycles. The molecule has 0 heterocycles. The number of benzene rings is 2. The zero-order chi connectivity index (χ0) is 17.0. The number of ether oxygens (including phenoxy) is 1. The SMILES string of the molecule is CCOc1ccc(NS(=O)(=O)c2cc(C(=O)[O-])ccc2C)cc1. The number of carboxylic acids is 1. The van der Waals surface area contributed by atoms with Gasteiger partial charge in [-0.2, -0.15) is 0 Å². The number of carboxylic acid groups (broad SMARTS) is 1. The largest absolute Gasteiger partial charge is 0.545 e. The lowest BCUT2D eigenvalue weighted by molar-refractivity contribution is -0.255. The van der Waals surface area contributed by atoms with Crippen LogP contribution >= 0.6 is 0 Å². The number of hydrogen-bond donors (Lipinski definition) is 1. The number of aryl methyl sites for hydroxylation is 1. The van der Waals surface area contributed by atoms with Gasteiger partial charge in [0.15, 0.2) is 0 Å². The van der Waals surface area contributed by atoms with Gasteiger partial charge in [-0.3, -0.25) is 4.72 Å². The van der Waals surface area contributed by atoms with Crippen molar-refractivity contribution < 1.29 is 23.1 Å².